The molecule has 0 aliphatic carbocycles. The average molecular weight is 398 g/mol. The third-order valence-electron chi connectivity index (χ3n) is 5.19. The van der Waals surface area contributed by atoms with Crippen molar-refractivity contribution in [3.8, 4) is 0 Å². The normalized spacial score (nSPS) is 15.8. The van der Waals surface area contributed by atoms with Gasteiger partial charge in [-0.3, -0.25) is 4.90 Å². The van der Waals surface area contributed by atoms with Crippen LogP contribution in [0.3, 0.4) is 0 Å². The Morgan fingerprint density at radius 2 is 1.61 bits per heavy atom. The third-order valence-corrected chi connectivity index (χ3v) is 5.37. The maximum absolute atomic E-state index is 5.58. The average Bonchev–Trinajstić information content (AvgIpc) is 2.72. The Morgan fingerprint density at radius 3 is 2.29 bits per heavy atom. The Labute approximate surface area is 174 Å². The van der Waals surface area contributed by atoms with Crippen molar-refractivity contribution >= 4 is 24.2 Å². The molecule has 1 heterocycles. The summed E-state index contributed by atoms with van der Waals surface area (Å²) in [6.07, 6.45) is 0. The molecule has 0 amide bonds. The Bertz CT molecular complexity index is 785. The number of hydrogen-bond acceptors (Lipinski definition) is 4. The van der Waals surface area contributed by atoms with E-state index in [0.29, 0.717) is 0 Å². The van der Waals surface area contributed by atoms with E-state index < -0.39 is 0 Å². The quantitative estimate of drug-likeness (QED) is 0.332. The summed E-state index contributed by atoms with van der Waals surface area (Å²) in [6.45, 7) is 10.8. The molecule has 0 atom stereocenters. The van der Waals surface area contributed by atoms with Crippen molar-refractivity contribution in [2.24, 2.45) is 4.99 Å². The molecule has 0 radical (unpaired) electrons. The molecule has 1 aliphatic heterocycles. The first-order chi connectivity index (χ1) is 13.7. The van der Waals surface area contributed by atoms with Gasteiger partial charge in [-0.25, -0.2) is 4.99 Å². The molecule has 0 N–H and O–H groups in total. The fraction of sp³-hybridized carbons (Fsp3) is 0.435. The lowest BCUT2D eigenvalue weighted by Crippen LogP contribution is -2.49. The van der Waals surface area contributed by atoms with E-state index in [4.69, 9.17) is 9.73 Å². The molecule has 1 aliphatic rings. The molecular weight excluding hydrogens is 366 g/mol. The van der Waals surface area contributed by atoms with Gasteiger partial charge < -0.3 is 9.64 Å². The smallest absolute Gasteiger partial charge is 0.136 e. The highest BCUT2D eigenvalue weighted by molar-refractivity contribution is 7.80. The number of ether oxygens (including phenoxy) is 1. The predicted octanol–water partition coefficient (Wildman–Crippen LogP) is 3.95. The van der Waals surface area contributed by atoms with E-state index in [1.54, 1.807) is 0 Å². The fourth-order valence-electron chi connectivity index (χ4n) is 3.47. The van der Waals surface area contributed by atoms with Crippen LogP contribution in [0.1, 0.15) is 16.7 Å². The van der Waals surface area contributed by atoms with Crippen molar-refractivity contribution in [1.29, 1.82) is 0 Å². The maximum atomic E-state index is 5.58. The molecule has 5 heteroatoms. The highest BCUT2D eigenvalue weighted by Gasteiger charge is 2.22. The molecule has 4 nitrogen and oxygen atoms in total. The van der Waals surface area contributed by atoms with E-state index >= 15 is 0 Å². The molecule has 2 aromatic carbocycles. The number of nitrogens with zero attached hydrogens (tertiary/aromatic N) is 3. The first-order valence-corrected chi connectivity index (χ1v) is 10.7. The van der Waals surface area contributed by atoms with Crippen molar-refractivity contribution in [3.05, 3.63) is 65.2 Å². The fourth-order valence-corrected chi connectivity index (χ4v) is 3.60. The zero-order valence-electron chi connectivity index (χ0n) is 17.0. The number of hydrogen-bond donors (Lipinski definition) is 1. The molecule has 1 saturated heterocycles. The molecule has 3 rings (SSSR count). The van der Waals surface area contributed by atoms with Crippen molar-refractivity contribution < 1.29 is 4.74 Å². The van der Waals surface area contributed by atoms with Crippen LogP contribution in [0.15, 0.2) is 53.5 Å². The third kappa shape index (κ3) is 5.60. The summed E-state index contributed by atoms with van der Waals surface area (Å²) in [5, 5.41) is 0. The second-order valence-electron chi connectivity index (χ2n) is 7.20. The van der Waals surface area contributed by atoms with Crippen molar-refractivity contribution in [3.63, 3.8) is 0 Å². The Morgan fingerprint density at radius 1 is 0.929 bits per heavy atom. The van der Waals surface area contributed by atoms with Crippen molar-refractivity contribution in [2.75, 3.05) is 51.7 Å². The standard InChI is InChI=1S/C23H31N3OS/c1-19-7-3-5-9-21(19)23(24-22-10-6-4-8-20(22)2)26-13-11-25(12-14-26)15-16-27-17-18-28/h3-10,28H,11-18H2,1-2H3. The van der Waals surface area contributed by atoms with Crippen molar-refractivity contribution in [1.82, 2.24) is 9.80 Å². The van der Waals surface area contributed by atoms with Gasteiger partial charge in [-0.1, -0.05) is 42.5 Å². The molecule has 2 aromatic rings. The van der Waals surface area contributed by atoms with Crippen LogP contribution in [0.5, 0.6) is 0 Å². The van der Waals surface area contributed by atoms with Gasteiger partial charge in [0, 0.05) is 44.0 Å². The van der Waals surface area contributed by atoms with E-state index in [1.807, 2.05) is 0 Å². The van der Waals surface area contributed by atoms with Gasteiger partial charge in [-0.05, 0) is 31.0 Å². The minimum absolute atomic E-state index is 0.726. The van der Waals surface area contributed by atoms with Crippen LogP contribution in [0.4, 0.5) is 5.69 Å². The Balaban J connectivity index is 1.76. The lowest BCUT2D eigenvalue weighted by molar-refractivity contribution is 0.0976. The van der Waals surface area contributed by atoms with Gasteiger partial charge in [0.25, 0.3) is 0 Å². The summed E-state index contributed by atoms with van der Waals surface area (Å²) >= 11 is 4.19. The monoisotopic (exact) mass is 397 g/mol. The number of piperazine rings is 1. The molecule has 0 bridgehead atoms. The molecule has 0 spiro atoms. The molecule has 0 unspecified atom stereocenters. The molecule has 0 aromatic heterocycles. The Kier molecular flexibility index (Phi) is 7.95. The molecule has 0 saturated carbocycles. The zero-order valence-corrected chi connectivity index (χ0v) is 17.9. The molecule has 1 fully saturated rings. The summed E-state index contributed by atoms with van der Waals surface area (Å²) < 4.78 is 5.58. The second-order valence-corrected chi connectivity index (χ2v) is 7.65. The highest BCUT2D eigenvalue weighted by Crippen LogP contribution is 2.22. The summed E-state index contributed by atoms with van der Waals surface area (Å²) in [5.74, 6) is 1.86. The van der Waals surface area contributed by atoms with Crippen molar-refractivity contribution in [2.45, 2.75) is 13.8 Å². The van der Waals surface area contributed by atoms with E-state index in [2.05, 4.69) is 84.8 Å². The summed E-state index contributed by atoms with van der Waals surface area (Å²) in [5.41, 5.74) is 4.73. The molecular formula is C23H31N3OS. The lowest BCUT2D eigenvalue weighted by Gasteiger charge is -2.37. The minimum Gasteiger partial charge on any atom is -0.379 e. The van der Waals surface area contributed by atoms with Crippen LogP contribution in [-0.2, 0) is 4.74 Å². The van der Waals surface area contributed by atoms with Gasteiger partial charge >= 0.3 is 0 Å². The number of amidine groups is 1. The van der Waals surface area contributed by atoms with Gasteiger partial charge in [-0.2, -0.15) is 12.6 Å². The van der Waals surface area contributed by atoms with Gasteiger partial charge in [-0.15, -0.1) is 0 Å². The summed E-state index contributed by atoms with van der Waals surface area (Å²) in [7, 11) is 0. The number of aliphatic imine (C=N–C) groups is 1. The SMILES string of the molecule is Cc1ccccc1N=C(c1ccccc1C)N1CCN(CCOCCS)CC1. The second kappa shape index (κ2) is 10.6. The van der Waals surface area contributed by atoms with Crippen LogP contribution in [0, 0.1) is 13.8 Å². The molecule has 150 valence electrons. The van der Waals surface area contributed by atoms with Gasteiger partial charge in [0.1, 0.15) is 5.84 Å². The first kappa shape index (κ1) is 20.9. The number of aryl methyl sites for hydroxylation is 2. The largest absolute Gasteiger partial charge is 0.379 e. The predicted molar refractivity (Wildman–Crippen MR) is 121 cm³/mol. The van der Waals surface area contributed by atoms with Crippen LogP contribution in [0.2, 0.25) is 0 Å². The number of rotatable bonds is 7. The maximum Gasteiger partial charge on any atom is 0.136 e. The van der Waals surface area contributed by atoms with E-state index in [1.165, 1.54) is 16.7 Å². The number of para-hydroxylation sites is 1. The van der Waals surface area contributed by atoms with Crippen LogP contribution in [-0.4, -0.2) is 67.3 Å². The highest BCUT2D eigenvalue weighted by atomic mass is 32.1. The van der Waals surface area contributed by atoms with Crippen LogP contribution in [0.25, 0.3) is 0 Å². The van der Waals surface area contributed by atoms with Crippen LogP contribution >= 0.6 is 12.6 Å². The van der Waals surface area contributed by atoms with Gasteiger partial charge in [0.2, 0.25) is 0 Å². The Hall–Kier alpha value is -1.82. The lowest BCUT2D eigenvalue weighted by atomic mass is 10.1. The van der Waals surface area contributed by atoms with E-state index in [0.717, 1.165) is 63.2 Å². The molecule has 28 heavy (non-hydrogen) atoms. The van der Waals surface area contributed by atoms with E-state index in [9.17, 15) is 0 Å². The van der Waals surface area contributed by atoms with E-state index in [-0.39, 0.29) is 0 Å². The number of benzene rings is 2. The minimum atomic E-state index is 0.726. The van der Waals surface area contributed by atoms with Crippen LogP contribution < -0.4 is 0 Å². The summed E-state index contributed by atoms with van der Waals surface area (Å²) in [4.78, 5) is 10.0. The summed E-state index contributed by atoms with van der Waals surface area (Å²) in [6, 6.07) is 16.9. The van der Waals surface area contributed by atoms with Gasteiger partial charge in [0.15, 0.2) is 0 Å². The zero-order chi connectivity index (χ0) is 19.8. The number of thiol groups is 1. The van der Waals surface area contributed by atoms with Gasteiger partial charge in [0.05, 0.1) is 18.9 Å². The first-order valence-electron chi connectivity index (χ1n) is 10.1. The topological polar surface area (TPSA) is 28.1 Å².